The molecule has 0 aliphatic carbocycles. The molecule has 0 saturated heterocycles. The zero-order valence-electron chi connectivity index (χ0n) is 10.8. The summed E-state index contributed by atoms with van der Waals surface area (Å²) in [4.78, 5) is 31.3. The molecule has 0 saturated carbocycles. The topological polar surface area (TPSA) is 72.1 Å². The number of aromatic amines is 1. The minimum Gasteiger partial charge on any atom is -0.462 e. The Morgan fingerprint density at radius 1 is 1.35 bits per heavy atom. The molecule has 0 spiro atoms. The van der Waals surface area contributed by atoms with Crippen LogP contribution in [0.2, 0.25) is 0 Å². The first kappa shape index (κ1) is 12.3. The maximum Gasteiger partial charge on any atom is 0.343 e. The number of carbonyl (C=O) groups is 1. The number of hydrogen-bond acceptors (Lipinski definition) is 4. The normalized spacial score (nSPS) is 10.8. The first-order valence-electron chi connectivity index (χ1n) is 6.29. The van der Waals surface area contributed by atoms with E-state index in [1.54, 1.807) is 6.92 Å². The van der Waals surface area contributed by atoms with Crippen LogP contribution in [0.1, 0.15) is 17.3 Å². The molecule has 1 aromatic carbocycles. The van der Waals surface area contributed by atoms with Crippen LogP contribution in [-0.4, -0.2) is 22.5 Å². The number of hydrogen-bond donors (Lipinski definition) is 1. The molecule has 0 bridgehead atoms. The summed E-state index contributed by atoms with van der Waals surface area (Å²) in [7, 11) is 0. The molecule has 0 radical (unpaired) electrons. The smallest absolute Gasteiger partial charge is 0.343 e. The minimum atomic E-state index is -0.634. The van der Waals surface area contributed by atoms with Gasteiger partial charge in [-0.2, -0.15) is 0 Å². The molecule has 0 unspecified atom stereocenters. The summed E-state index contributed by atoms with van der Waals surface area (Å²) in [5.41, 5.74) is 1.12. The number of para-hydroxylation sites is 1. The molecule has 2 aromatic heterocycles. The zero-order valence-corrected chi connectivity index (χ0v) is 10.8. The minimum absolute atomic E-state index is 0.0258. The first-order valence-corrected chi connectivity index (χ1v) is 6.29. The second-order valence-corrected chi connectivity index (χ2v) is 4.33. The van der Waals surface area contributed by atoms with Crippen molar-refractivity contribution in [2.24, 2.45) is 0 Å². The average molecular weight is 268 g/mol. The fourth-order valence-electron chi connectivity index (χ4n) is 2.10. The monoisotopic (exact) mass is 268 g/mol. The van der Waals surface area contributed by atoms with Gasteiger partial charge in [-0.3, -0.25) is 4.79 Å². The standard InChI is InChI=1S/C15H12N2O3/c1-2-20-15(19)10-8-16-12-7-9-5-3-4-6-11(9)17-13(12)14(10)18/h3-8H,2H2,1H3,(H,16,18). The van der Waals surface area contributed by atoms with Crippen molar-refractivity contribution >= 4 is 27.9 Å². The summed E-state index contributed by atoms with van der Waals surface area (Å²) in [5.74, 6) is -0.634. The van der Waals surface area contributed by atoms with E-state index in [2.05, 4.69) is 9.97 Å². The number of nitrogens with zero attached hydrogens (tertiary/aromatic N) is 1. The third-order valence-electron chi connectivity index (χ3n) is 3.05. The summed E-state index contributed by atoms with van der Waals surface area (Å²) >= 11 is 0. The molecule has 20 heavy (non-hydrogen) atoms. The number of ether oxygens (including phenoxy) is 1. The van der Waals surface area contributed by atoms with Crippen molar-refractivity contribution in [1.82, 2.24) is 9.97 Å². The maximum absolute atomic E-state index is 12.3. The van der Waals surface area contributed by atoms with Crippen LogP contribution in [0.4, 0.5) is 0 Å². The van der Waals surface area contributed by atoms with Gasteiger partial charge in [-0.15, -0.1) is 0 Å². The van der Waals surface area contributed by atoms with Crippen molar-refractivity contribution in [3.63, 3.8) is 0 Å². The van der Waals surface area contributed by atoms with E-state index in [9.17, 15) is 9.59 Å². The number of carbonyl (C=O) groups excluding carboxylic acids is 1. The van der Waals surface area contributed by atoms with Gasteiger partial charge < -0.3 is 9.72 Å². The molecule has 0 amide bonds. The van der Waals surface area contributed by atoms with Gasteiger partial charge in [0, 0.05) is 11.6 Å². The van der Waals surface area contributed by atoms with Crippen LogP contribution >= 0.6 is 0 Å². The molecule has 1 N–H and O–H groups in total. The summed E-state index contributed by atoms with van der Waals surface area (Å²) in [6.07, 6.45) is 1.37. The molecule has 0 atom stereocenters. The highest BCUT2D eigenvalue weighted by Gasteiger charge is 2.15. The predicted molar refractivity (Wildman–Crippen MR) is 75.8 cm³/mol. The van der Waals surface area contributed by atoms with Crippen LogP contribution in [0, 0.1) is 0 Å². The van der Waals surface area contributed by atoms with E-state index in [1.807, 2.05) is 30.3 Å². The van der Waals surface area contributed by atoms with E-state index in [0.717, 1.165) is 5.39 Å². The van der Waals surface area contributed by atoms with Crippen LogP contribution < -0.4 is 5.43 Å². The number of esters is 1. The Morgan fingerprint density at radius 3 is 2.95 bits per heavy atom. The Hall–Kier alpha value is -2.69. The molecule has 100 valence electrons. The number of aromatic nitrogens is 2. The maximum atomic E-state index is 12.3. The van der Waals surface area contributed by atoms with E-state index in [1.165, 1.54) is 6.20 Å². The molecule has 0 aliphatic rings. The predicted octanol–water partition coefficient (Wildman–Crippen LogP) is 2.25. The number of nitrogens with one attached hydrogen (secondary N) is 1. The van der Waals surface area contributed by atoms with Gasteiger partial charge in [0.1, 0.15) is 11.1 Å². The van der Waals surface area contributed by atoms with Gasteiger partial charge in [0.15, 0.2) is 0 Å². The Morgan fingerprint density at radius 2 is 2.15 bits per heavy atom. The number of benzene rings is 1. The van der Waals surface area contributed by atoms with Crippen molar-refractivity contribution in [1.29, 1.82) is 0 Å². The molecular weight excluding hydrogens is 256 g/mol. The van der Waals surface area contributed by atoms with Crippen molar-refractivity contribution in [2.45, 2.75) is 6.92 Å². The molecule has 5 heteroatoms. The summed E-state index contributed by atoms with van der Waals surface area (Å²) in [6.45, 7) is 1.92. The third-order valence-corrected chi connectivity index (χ3v) is 3.05. The number of pyridine rings is 2. The number of fused-ring (bicyclic) bond motifs is 2. The van der Waals surface area contributed by atoms with Gasteiger partial charge in [-0.05, 0) is 19.1 Å². The van der Waals surface area contributed by atoms with Crippen molar-refractivity contribution in [3.05, 3.63) is 52.3 Å². The van der Waals surface area contributed by atoms with E-state index in [-0.39, 0.29) is 17.7 Å². The Bertz CT molecular complexity index is 868. The van der Waals surface area contributed by atoms with Gasteiger partial charge in [0.05, 0.1) is 17.6 Å². The number of rotatable bonds is 2. The second kappa shape index (κ2) is 4.77. The van der Waals surface area contributed by atoms with Crippen LogP contribution in [0.25, 0.3) is 21.9 Å². The SMILES string of the molecule is CCOC(=O)c1c[nH]c2cc3ccccc3nc2c1=O. The Kier molecular flexibility index (Phi) is 2.95. The van der Waals surface area contributed by atoms with E-state index in [4.69, 9.17) is 4.74 Å². The first-order chi connectivity index (χ1) is 9.70. The van der Waals surface area contributed by atoms with Crippen LogP contribution in [0.15, 0.2) is 41.3 Å². The molecule has 3 aromatic rings. The molecule has 5 nitrogen and oxygen atoms in total. The van der Waals surface area contributed by atoms with Crippen molar-refractivity contribution in [2.75, 3.05) is 6.61 Å². The van der Waals surface area contributed by atoms with Gasteiger partial charge >= 0.3 is 5.97 Å². The fourth-order valence-corrected chi connectivity index (χ4v) is 2.10. The molecule has 0 fully saturated rings. The van der Waals surface area contributed by atoms with Gasteiger partial charge in [-0.25, -0.2) is 9.78 Å². The summed E-state index contributed by atoms with van der Waals surface area (Å²) in [5, 5.41) is 0.930. The molecule has 3 rings (SSSR count). The lowest BCUT2D eigenvalue weighted by molar-refractivity contribution is 0.0524. The van der Waals surface area contributed by atoms with E-state index >= 15 is 0 Å². The highest BCUT2D eigenvalue weighted by Crippen LogP contribution is 2.16. The third kappa shape index (κ3) is 1.93. The van der Waals surface area contributed by atoms with Crippen LogP contribution in [0.5, 0.6) is 0 Å². The van der Waals surface area contributed by atoms with Crippen LogP contribution in [-0.2, 0) is 4.74 Å². The van der Waals surface area contributed by atoms with E-state index in [0.29, 0.717) is 11.0 Å². The quantitative estimate of drug-likeness (QED) is 0.571. The number of H-pyrrole nitrogens is 1. The lowest BCUT2D eigenvalue weighted by atomic mass is 10.1. The van der Waals surface area contributed by atoms with Crippen molar-refractivity contribution in [3.8, 4) is 0 Å². The van der Waals surface area contributed by atoms with E-state index < -0.39 is 11.4 Å². The molecular formula is C15H12N2O3. The largest absolute Gasteiger partial charge is 0.462 e. The van der Waals surface area contributed by atoms with Gasteiger partial charge in [0.2, 0.25) is 5.43 Å². The lowest BCUT2D eigenvalue weighted by Gasteiger charge is -2.04. The summed E-state index contributed by atoms with van der Waals surface area (Å²) < 4.78 is 4.86. The average Bonchev–Trinajstić information content (AvgIpc) is 2.46. The Labute approximate surface area is 114 Å². The second-order valence-electron chi connectivity index (χ2n) is 4.33. The van der Waals surface area contributed by atoms with Gasteiger partial charge in [0.25, 0.3) is 0 Å². The van der Waals surface area contributed by atoms with Crippen molar-refractivity contribution < 1.29 is 9.53 Å². The Balaban J connectivity index is 2.29. The highest BCUT2D eigenvalue weighted by molar-refractivity contribution is 5.95. The summed E-state index contributed by atoms with van der Waals surface area (Å²) in [6, 6.07) is 9.34. The molecule has 0 aliphatic heterocycles. The molecule has 2 heterocycles. The lowest BCUT2D eigenvalue weighted by Crippen LogP contribution is -2.18. The van der Waals surface area contributed by atoms with Gasteiger partial charge in [-0.1, -0.05) is 18.2 Å². The highest BCUT2D eigenvalue weighted by atomic mass is 16.5. The fraction of sp³-hybridized carbons (Fsp3) is 0.133. The zero-order chi connectivity index (χ0) is 14.1. The van der Waals surface area contributed by atoms with Crippen LogP contribution in [0.3, 0.4) is 0 Å².